The van der Waals surface area contributed by atoms with Gasteiger partial charge in [0.2, 0.25) is 0 Å². The quantitative estimate of drug-likeness (QED) is 0.130. The predicted octanol–water partition coefficient (Wildman–Crippen LogP) is 9.67. The number of pyridine rings is 3. The van der Waals surface area contributed by atoms with Gasteiger partial charge >= 0.3 is 0 Å². The Labute approximate surface area is 347 Å². The van der Waals surface area contributed by atoms with Gasteiger partial charge in [-0.2, -0.15) is 0 Å². The fourth-order valence-corrected chi connectivity index (χ4v) is 8.15. The zero-order valence-electron chi connectivity index (χ0n) is 33.8. The average Bonchev–Trinajstić information content (AvgIpc) is 4.11. The molecule has 0 radical (unpaired) electrons. The number of benzene rings is 2. The Bertz CT molecular complexity index is 3210. The third kappa shape index (κ3) is 6.73. The third-order valence-electron chi connectivity index (χ3n) is 11.4. The number of rotatable bonds is 6. The summed E-state index contributed by atoms with van der Waals surface area (Å²) in [6, 6.07) is 37.9. The van der Waals surface area contributed by atoms with Crippen molar-refractivity contribution in [2.45, 2.75) is 6.92 Å². The molecule has 60 heavy (non-hydrogen) atoms. The van der Waals surface area contributed by atoms with Crippen LogP contribution >= 0.6 is 0 Å². The van der Waals surface area contributed by atoms with E-state index in [1.807, 2.05) is 59.1 Å². The van der Waals surface area contributed by atoms with E-state index >= 15 is 0 Å². The summed E-state index contributed by atoms with van der Waals surface area (Å²) in [5.74, 6) is 0.0550. The van der Waals surface area contributed by atoms with E-state index in [1.165, 1.54) is 0 Å². The minimum atomic E-state index is 0.0550. The van der Waals surface area contributed by atoms with Crippen LogP contribution in [0.1, 0.15) is 40.1 Å². The van der Waals surface area contributed by atoms with Crippen molar-refractivity contribution in [3.63, 3.8) is 0 Å². The second-order valence-electron chi connectivity index (χ2n) is 15.5. The smallest absolute Gasteiger partial charge is 0.169 e. The van der Waals surface area contributed by atoms with Gasteiger partial charge in [-0.1, -0.05) is 48.5 Å². The molecule has 8 heteroatoms. The molecule has 288 valence electrons. The highest BCUT2D eigenvalue weighted by Crippen LogP contribution is 2.38. The van der Waals surface area contributed by atoms with Crippen LogP contribution in [0.3, 0.4) is 0 Å². The van der Waals surface area contributed by atoms with E-state index in [4.69, 9.17) is 9.97 Å². The Morgan fingerprint density at radius 2 is 0.683 bits per heavy atom. The molecule has 8 bridgehead atoms. The maximum absolute atomic E-state index is 12.0. The van der Waals surface area contributed by atoms with Crippen LogP contribution in [0.4, 0.5) is 0 Å². The Morgan fingerprint density at radius 3 is 1.08 bits per heavy atom. The maximum Gasteiger partial charge on any atom is 0.169 e. The van der Waals surface area contributed by atoms with Crippen molar-refractivity contribution < 1.29 is 18.5 Å². The lowest BCUT2D eigenvalue weighted by Gasteiger charge is -2.08. The zero-order valence-corrected chi connectivity index (χ0v) is 33.8. The van der Waals surface area contributed by atoms with E-state index in [1.54, 1.807) is 6.92 Å². The van der Waals surface area contributed by atoms with Crippen molar-refractivity contribution in [3.8, 4) is 55.6 Å². The first-order valence-corrected chi connectivity index (χ1v) is 20.0. The highest BCUT2D eigenvalue weighted by molar-refractivity contribution is 6.00. The number of nitrogens with one attached hydrogen (secondary N) is 2. The van der Waals surface area contributed by atoms with Gasteiger partial charge in [-0.05, 0) is 88.9 Å². The second kappa shape index (κ2) is 14.8. The first-order chi connectivity index (χ1) is 29.3. The van der Waals surface area contributed by atoms with E-state index in [2.05, 4.69) is 156 Å². The van der Waals surface area contributed by atoms with Gasteiger partial charge in [0.05, 0.1) is 22.8 Å². The van der Waals surface area contributed by atoms with Crippen molar-refractivity contribution in [2.24, 2.45) is 21.1 Å². The van der Waals surface area contributed by atoms with Crippen molar-refractivity contribution in [2.75, 3.05) is 0 Å². The van der Waals surface area contributed by atoms with Crippen molar-refractivity contribution >= 4 is 52.2 Å². The molecule has 0 aliphatic carbocycles. The summed E-state index contributed by atoms with van der Waals surface area (Å²) in [5.41, 5.74) is 18.2. The van der Waals surface area contributed by atoms with Gasteiger partial charge in [0.25, 0.3) is 0 Å². The summed E-state index contributed by atoms with van der Waals surface area (Å²) in [7, 11) is 6.09. The molecule has 0 amide bonds. The van der Waals surface area contributed by atoms with Gasteiger partial charge in [-0.3, -0.25) is 4.79 Å². The number of aromatic nitrogens is 7. The fraction of sp³-hybridized carbons (Fsp3) is 0.0769. The van der Waals surface area contributed by atoms with Gasteiger partial charge in [-0.15, -0.1) is 0 Å². The average molecular weight is 781 g/mol. The van der Waals surface area contributed by atoms with Gasteiger partial charge in [0, 0.05) is 86.3 Å². The summed E-state index contributed by atoms with van der Waals surface area (Å²) in [5, 5.41) is 0. The largest absolute Gasteiger partial charge is 0.354 e. The minimum Gasteiger partial charge on any atom is -0.354 e. The number of fused-ring (bicyclic) bond motifs is 8. The molecule has 0 saturated carbocycles. The van der Waals surface area contributed by atoms with Gasteiger partial charge < -0.3 is 9.97 Å². The SMILES string of the molecule is CC(=O)c1ccc(-c2ccc(-c3c4nc(c(-c5cc[n+](C)cc5)c5nc(c(-c6cc[n+](C)cc6)c6ccc([nH]6)c(-c6cc[n+](C)cc6)c6ccc3[nH]6)C=C5)C=C4)cc2)cc1. The van der Waals surface area contributed by atoms with E-state index in [0.29, 0.717) is 5.56 Å². The Kier molecular flexibility index (Phi) is 9.02. The molecule has 2 aliphatic rings. The molecule has 8 heterocycles. The number of carbonyl (C=O) groups is 1. The van der Waals surface area contributed by atoms with Crippen LogP contribution in [0.5, 0.6) is 0 Å². The lowest BCUT2D eigenvalue weighted by atomic mass is 9.98. The normalized spacial score (nSPS) is 11.9. The number of hydrogen-bond donors (Lipinski definition) is 2. The molecule has 0 spiro atoms. The van der Waals surface area contributed by atoms with Crippen LogP contribution in [-0.2, 0) is 21.1 Å². The van der Waals surface area contributed by atoms with Crippen LogP contribution in [0.25, 0.3) is 102 Å². The van der Waals surface area contributed by atoms with Crippen molar-refractivity contribution in [3.05, 3.63) is 175 Å². The lowest BCUT2D eigenvalue weighted by Crippen LogP contribution is -2.25. The molecule has 0 fully saturated rings. The van der Waals surface area contributed by atoms with E-state index < -0.39 is 0 Å². The van der Waals surface area contributed by atoms with E-state index in [9.17, 15) is 4.79 Å². The van der Waals surface area contributed by atoms with Crippen LogP contribution in [0.15, 0.2) is 146 Å². The Morgan fingerprint density at radius 1 is 0.383 bits per heavy atom. The fourth-order valence-electron chi connectivity index (χ4n) is 8.15. The topological polar surface area (TPSA) is 86.1 Å². The van der Waals surface area contributed by atoms with E-state index in [0.717, 1.165) is 100 Å². The number of carbonyl (C=O) groups excluding carboxylic acids is 1. The minimum absolute atomic E-state index is 0.0550. The molecule has 6 aromatic heterocycles. The molecule has 0 saturated heterocycles. The van der Waals surface area contributed by atoms with E-state index in [-0.39, 0.29) is 5.78 Å². The van der Waals surface area contributed by atoms with Gasteiger partial charge in [0.1, 0.15) is 21.1 Å². The molecule has 8 nitrogen and oxygen atoms in total. The molecule has 10 rings (SSSR count). The molecule has 8 aromatic rings. The molecule has 0 atom stereocenters. The summed E-state index contributed by atoms with van der Waals surface area (Å²) < 4.78 is 6.13. The highest BCUT2D eigenvalue weighted by atomic mass is 16.1. The van der Waals surface area contributed by atoms with Crippen molar-refractivity contribution in [1.82, 2.24) is 19.9 Å². The second-order valence-corrected chi connectivity index (χ2v) is 15.5. The highest BCUT2D eigenvalue weighted by Gasteiger charge is 2.20. The maximum atomic E-state index is 12.0. The van der Waals surface area contributed by atoms with Crippen LogP contribution in [0, 0.1) is 0 Å². The van der Waals surface area contributed by atoms with Crippen LogP contribution in [0.2, 0.25) is 0 Å². The Hall–Kier alpha value is -7.84. The predicted molar refractivity (Wildman–Crippen MR) is 240 cm³/mol. The number of aromatic amines is 2. The summed E-state index contributed by atoms with van der Waals surface area (Å²) in [4.78, 5) is 30.5. The number of ketones is 1. The standard InChI is InChI=1S/C52H41N7O/c1-33(60)34-5-7-35(8-6-34)36-9-11-37(12-10-36)49-41-13-15-43(53-41)50(38-21-27-57(2)28-22-38)45-17-19-47(55-45)52(40-25-31-59(4)32-26-40)48-20-18-46(56-48)51(44-16-14-42(49)54-44)39-23-29-58(3)30-24-39/h5-32H,1-4H3,(H,53,54,55,56)/q+2/p+1. The van der Waals surface area contributed by atoms with Gasteiger partial charge in [0.15, 0.2) is 43.0 Å². The molecule has 0 unspecified atom stereocenters. The van der Waals surface area contributed by atoms with Crippen LogP contribution in [-0.4, -0.2) is 25.7 Å². The molecule has 2 aromatic carbocycles. The monoisotopic (exact) mass is 780 g/mol. The number of H-pyrrole nitrogens is 2. The van der Waals surface area contributed by atoms with Gasteiger partial charge in [-0.25, -0.2) is 23.7 Å². The first-order valence-electron chi connectivity index (χ1n) is 20.0. The molecule has 2 aliphatic heterocycles. The number of Topliss-reactive ketones (excluding diaryl/α,β-unsaturated/α-hetero) is 1. The first kappa shape index (κ1) is 36.5. The summed E-state index contributed by atoms with van der Waals surface area (Å²) >= 11 is 0. The molecule has 2 N–H and O–H groups in total. The molecular weight excluding hydrogens is 739 g/mol. The number of nitrogens with zero attached hydrogens (tertiary/aromatic N) is 5. The summed E-state index contributed by atoms with van der Waals surface area (Å²) in [6.07, 6.45) is 20.9. The number of hydrogen-bond acceptors (Lipinski definition) is 3. The van der Waals surface area contributed by atoms with Crippen molar-refractivity contribution in [1.29, 1.82) is 0 Å². The summed E-state index contributed by atoms with van der Waals surface area (Å²) in [6.45, 7) is 1.59. The lowest BCUT2D eigenvalue weighted by molar-refractivity contribution is -0.671. The Balaban J connectivity index is 1.30. The third-order valence-corrected chi connectivity index (χ3v) is 11.4. The molecular formula is C52H42N7O+3. The number of aryl methyl sites for hydroxylation is 3. The van der Waals surface area contributed by atoms with Crippen LogP contribution < -0.4 is 13.7 Å². The zero-order chi connectivity index (χ0) is 40.9.